The van der Waals surface area contributed by atoms with Crippen molar-refractivity contribution in [3.63, 3.8) is 0 Å². The van der Waals surface area contributed by atoms with E-state index in [2.05, 4.69) is 63.4 Å². The number of hydrogen-bond acceptors (Lipinski definition) is 8. The largest absolute Gasteiger partial charge is 0.497 e. The Balaban J connectivity index is 1.32. The number of piperidine rings is 1. The summed E-state index contributed by atoms with van der Waals surface area (Å²) in [6.45, 7) is 3.66. The van der Waals surface area contributed by atoms with Crippen LogP contribution in [-0.2, 0) is 13.0 Å². The number of ether oxygens (including phenoxy) is 2. The molecule has 8 nitrogen and oxygen atoms in total. The topological polar surface area (TPSA) is 66.0 Å². The molecule has 3 heterocycles. The van der Waals surface area contributed by atoms with E-state index >= 15 is 0 Å². The van der Waals surface area contributed by atoms with Crippen molar-refractivity contribution in [3.8, 4) is 11.5 Å². The first-order valence-corrected chi connectivity index (χ1v) is 13.1. The van der Waals surface area contributed by atoms with Crippen LogP contribution in [-0.4, -0.2) is 68.9 Å². The van der Waals surface area contributed by atoms with Crippen molar-refractivity contribution in [3.05, 3.63) is 58.7 Å². The van der Waals surface area contributed by atoms with Crippen molar-refractivity contribution in [2.24, 2.45) is 0 Å². The lowest BCUT2D eigenvalue weighted by molar-refractivity contribution is 0.249. The summed E-state index contributed by atoms with van der Waals surface area (Å²) in [4.78, 5) is 16.4. The molecule has 37 heavy (non-hydrogen) atoms. The molecule has 2 aliphatic heterocycles. The molecule has 9 heteroatoms. The molecule has 0 amide bonds. The number of nitrogens with zero attached hydrogens (tertiary/aromatic N) is 5. The third kappa shape index (κ3) is 5.55. The molecule has 1 saturated heterocycles. The van der Waals surface area contributed by atoms with Gasteiger partial charge >= 0.3 is 0 Å². The van der Waals surface area contributed by atoms with Crippen LogP contribution in [0.2, 0.25) is 5.15 Å². The molecule has 5 rings (SSSR count). The first kappa shape index (κ1) is 25.4. The lowest BCUT2D eigenvalue weighted by Gasteiger charge is -2.36. The maximum atomic E-state index is 6.61. The number of rotatable bonds is 8. The minimum Gasteiger partial charge on any atom is -0.497 e. The monoisotopic (exact) mass is 522 g/mol. The second-order valence-electron chi connectivity index (χ2n) is 9.85. The molecule has 0 bridgehead atoms. The number of nitrogens with one attached hydrogen (secondary N) is 1. The predicted octanol–water partition coefficient (Wildman–Crippen LogP) is 4.98. The fraction of sp³-hybridized carbons (Fsp3) is 0.429. The van der Waals surface area contributed by atoms with Gasteiger partial charge in [-0.1, -0.05) is 23.7 Å². The Morgan fingerprint density at radius 1 is 1.00 bits per heavy atom. The SMILES string of the molecule is COc1ccc(CN2CCc3c(Cl)nc(Nc4ccc(N5CCC(N(C)C)CC5)cc4OC)nc32)cc1. The van der Waals surface area contributed by atoms with E-state index in [4.69, 9.17) is 26.1 Å². The number of fused-ring (bicyclic) bond motifs is 1. The van der Waals surface area contributed by atoms with Crippen molar-refractivity contribution in [2.45, 2.75) is 31.8 Å². The molecule has 0 radical (unpaired) electrons. The Hall–Kier alpha value is -3.23. The summed E-state index contributed by atoms with van der Waals surface area (Å²) in [5.41, 5.74) is 4.15. The van der Waals surface area contributed by atoms with Crippen LogP contribution in [0, 0.1) is 0 Å². The fourth-order valence-corrected chi connectivity index (χ4v) is 5.44. The van der Waals surface area contributed by atoms with Gasteiger partial charge in [0, 0.05) is 49.5 Å². The Morgan fingerprint density at radius 3 is 2.43 bits per heavy atom. The number of anilines is 4. The van der Waals surface area contributed by atoms with Gasteiger partial charge < -0.3 is 29.5 Å². The Bertz CT molecular complexity index is 1230. The molecule has 2 aliphatic rings. The van der Waals surface area contributed by atoms with E-state index in [1.165, 1.54) is 5.56 Å². The number of methoxy groups -OCH3 is 2. The van der Waals surface area contributed by atoms with Crippen molar-refractivity contribution in [1.29, 1.82) is 0 Å². The molecule has 1 aromatic heterocycles. The van der Waals surface area contributed by atoms with Gasteiger partial charge in [-0.15, -0.1) is 0 Å². The zero-order valence-corrected chi connectivity index (χ0v) is 22.8. The van der Waals surface area contributed by atoms with E-state index in [9.17, 15) is 0 Å². The highest BCUT2D eigenvalue weighted by atomic mass is 35.5. The van der Waals surface area contributed by atoms with Gasteiger partial charge in [-0.25, -0.2) is 4.98 Å². The molecule has 0 aliphatic carbocycles. The van der Waals surface area contributed by atoms with Crippen LogP contribution in [0.3, 0.4) is 0 Å². The van der Waals surface area contributed by atoms with Gasteiger partial charge in [0.05, 0.1) is 19.9 Å². The number of hydrogen-bond donors (Lipinski definition) is 1. The number of halogens is 1. The Kier molecular flexibility index (Phi) is 7.58. The molecular formula is C28H35ClN6O2. The summed E-state index contributed by atoms with van der Waals surface area (Å²) in [5.74, 6) is 2.93. The van der Waals surface area contributed by atoms with E-state index < -0.39 is 0 Å². The van der Waals surface area contributed by atoms with Crippen molar-refractivity contribution < 1.29 is 9.47 Å². The quantitative estimate of drug-likeness (QED) is 0.415. The van der Waals surface area contributed by atoms with Crippen LogP contribution in [0.15, 0.2) is 42.5 Å². The highest BCUT2D eigenvalue weighted by Crippen LogP contribution is 2.36. The van der Waals surface area contributed by atoms with Crippen molar-refractivity contribution in [1.82, 2.24) is 14.9 Å². The van der Waals surface area contributed by atoms with E-state index in [1.54, 1.807) is 14.2 Å². The van der Waals surface area contributed by atoms with Crippen LogP contribution < -0.4 is 24.6 Å². The van der Waals surface area contributed by atoms with Gasteiger partial charge in [0.2, 0.25) is 5.95 Å². The normalized spacial score (nSPS) is 15.7. The molecule has 2 aromatic carbocycles. The minimum atomic E-state index is 0.461. The molecule has 3 aromatic rings. The van der Waals surface area contributed by atoms with E-state index in [1.807, 2.05) is 18.2 Å². The average molecular weight is 523 g/mol. The Morgan fingerprint density at radius 2 is 1.76 bits per heavy atom. The van der Waals surface area contributed by atoms with Crippen LogP contribution in [0.5, 0.6) is 11.5 Å². The molecule has 1 fully saturated rings. The summed E-state index contributed by atoms with van der Waals surface area (Å²) in [6, 6.07) is 15.0. The lowest BCUT2D eigenvalue weighted by atomic mass is 10.0. The standard InChI is InChI=1S/C28H35ClN6O2/c1-33(2)20-11-14-34(15-12-20)21-7-10-24(25(17-21)37-4)30-28-31-26(29)23-13-16-35(27(23)32-28)18-19-5-8-22(36-3)9-6-19/h5-10,17,20H,11-16,18H2,1-4H3,(H,30,31,32). The van der Waals surface area contributed by atoms with Gasteiger partial charge in [-0.05, 0) is 63.2 Å². The number of benzene rings is 2. The fourth-order valence-electron chi connectivity index (χ4n) is 5.18. The van der Waals surface area contributed by atoms with Gasteiger partial charge in [-0.3, -0.25) is 0 Å². The summed E-state index contributed by atoms with van der Waals surface area (Å²) in [7, 11) is 7.69. The van der Waals surface area contributed by atoms with Gasteiger partial charge in [0.15, 0.2) is 0 Å². The van der Waals surface area contributed by atoms with Crippen molar-refractivity contribution >= 4 is 34.7 Å². The lowest BCUT2D eigenvalue weighted by Crippen LogP contribution is -2.41. The van der Waals surface area contributed by atoms with E-state index in [0.29, 0.717) is 17.1 Å². The van der Waals surface area contributed by atoms with Gasteiger partial charge in [0.25, 0.3) is 0 Å². The van der Waals surface area contributed by atoms with E-state index in [0.717, 1.165) is 79.7 Å². The van der Waals surface area contributed by atoms with E-state index in [-0.39, 0.29) is 0 Å². The predicted molar refractivity (Wildman–Crippen MR) is 150 cm³/mol. The van der Waals surface area contributed by atoms with Crippen LogP contribution in [0.4, 0.5) is 23.1 Å². The zero-order chi connectivity index (χ0) is 25.9. The zero-order valence-electron chi connectivity index (χ0n) is 22.0. The van der Waals surface area contributed by atoms with Crippen molar-refractivity contribution in [2.75, 3.05) is 63.1 Å². The second-order valence-corrected chi connectivity index (χ2v) is 10.2. The van der Waals surface area contributed by atoms with Crippen LogP contribution in [0.1, 0.15) is 24.0 Å². The molecule has 0 unspecified atom stereocenters. The maximum Gasteiger partial charge on any atom is 0.230 e. The average Bonchev–Trinajstić information content (AvgIpc) is 3.32. The molecule has 196 valence electrons. The third-order valence-electron chi connectivity index (χ3n) is 7.39. The smallest absolute Gasteiger partial charge is 0.230 e. The summed E-state index contributed by atoms with van der Waals surface area (Å²) >= 11 is 6.61. The molecular weight excluding hydrogens is 488 g/mol. The highest BCUT2D eigenvalue weighted by Gasteiger charge is 2.26. The molecule has 1 N–H and O–H groups in total. The maximum absolute atomic E-state index is 6.61. The van der Waals surface area contributed by atoms with Crippen LogP contribution in [0.25, 0.3) is 0 Å². The Labute approximate surface area is 224 Å². The van der Waals surface area contributed by atoms with Crippen LogP contribution >= 0.6 is 11.6 Å². The van der Waals surface area contributed by atoms with Gasteiger partial charge in [0.1, 0.15) is 22.5 Å². The second kappa shape index (κ2) is 11.0. The molecule has 0 spiro atoms. The van der Waals surface area contributed by atoms with Gasteiger partial charge in [-0.2, -0.15) is 4.98 Å². The molecule has 0 atom stereocenters. The summed E-state index contributed by atoms with van der Waals surface area (Å²) < 4.78 is 11.0. The first-order chi connectivity index (χ1) is 17.9. The number of aromatic nitrogens is 2. The summed E-state index contributed by atoms with van der Waals surface area (Å²) in [5, 5.41) is 3.84. The highest BCUT2D eigenvalue weighted by molar-refractivity contribution is 6.30. The third-order valence-corrected chi connectivity index (χ3v) is 7.70. The minimum absolute atomic E-state index is 0.461. The molecule has 0 saturated carbocycles. The first-order valence-electron chi connectivity index (χ1n) is 12.8. The summed E-state index contributed by atoms with van der Waals surface area (Å²) in [6.07, 6.45) is 3.14.